The quantitative estimate of drug-likeness (QED) is 0.653. The first-order valence-electron chi connectivity index (χ1n) is 10.1. The molecule has 0 aliphatic heterocycles. The molecule has 0 spiro atoms. The number of hydrogen-bond donors (Lipinski definition) is 1. The fourth-order valence-corrected chi connectivity index (χ4v) is 5.26. The van der Waals surface area contributed by atoms with Crippen LogP contribution in [0.25, 0.3) is 10.2 Å². The molecule has 0 radical (unpaired) electrons. The molecule has 1 amide bonds. The van der Waals surface area contributed by atoms with Crippen molar-refractivity contribution in [1.82, 2.24) is 14.5 Å². The number of rotatable bonds is 5. The summed E-state index contributed by atoms with van der Waals surface area (Å²) in [7, 11) is 1.66. The van der Waals surface area contributed by atoms with Crippen LogP contribution in [0.5, 0.6) is 0 Å². The molecule has 3 aromatic rings. The average molecular weight is 446 g/mol. The van der Waals surface area contributed by atoms with Crippen molar-refractivity contribution in [3.05, 3.63) is 67.1 Å². The van der Waals surface area contributed by atoms with Crippen molar-refractivity contribution in [2.75, 3.05) is 7.05 Å². The van der Waals surface area contributed by atoms with Gasteiger partial charge in [-0.25, -0.2) is 4.79 Å². The van der Waals surface area contributed by atoms with Gasteiger partial charge in [0.15, 0.2) is 0 Å². The molecule has 6 nitrogen and oxygen atoms in total. The normalized spacial score (nSPS) is 19.1. The summed E-state index contributed by atoms with van der Waals surface area (Å²) in [6.45, 7) is 0.777. The third kappa shape index (κ3) is 4.09. The number of halogens is 1. The highest BCUT2D eigenvalue weighted by molar-refractivity contribution is 7.17. The Morgan fingerprint density at radius 2 is 1.80 bits per heavy atom. The molecule has 4 rings (SSSR count). The topological polar surface area (TPSA) is 73.1 Å². The molecule has 1 aromatic carbocycles. The summed E-state index contributed by atoms with van der Waals surface area (Å²) in [6, 6.07) is 9.21. The third-order valence-corrected chi connectivity index (χ3v) is 7.14. The van der Waals surface area contributed by atoms with Crippen molar-refractivity contribution in [2.45, 2.75) is 38.8 Å². The van der Waals surface area contributed by atoms with Crippen molar-refractivity contribution in [2.24, 2.45) is 11.8 Å². The maximum Gasteiger partial charge on any atom is 0.331 e. The van der Waals surface area contributed by atoms with E-state index >= 15 is 0 Å². The summed E-state index contributed by atoms with van der Waals surface area (Å²) in [5.41, 5.74) is 1.12. The molecule has 1 aliphatic rings. The number of thiophene rings is 1. The van der Waals surface area contributed by atoms with Gasteiger partial charge in [0, 0.05) is 24.5 Å². The molecule has 1 aliphatic carbocycles. The van der Waals surface area contributed by atoms with Crippen molar-refractivity contribution < 1.29 is 4.79 Å². The lowest BCUT2D eigenvalue weighted by molar-refractivity contribution is -0.125. The monoisotopic (exact) mass is 445 g/mol. The zero-order valence-corrected chi connectivity index (χ0v) is 18.3. The van der Waals surface area contributed by atoms with E-state index in [1.807, 2.05) is 23.6 Å². The first-order chi connectivity index (χ1) is 14.5. The van der Waals surface area contributed by atoms with E-state index in [1.54, 1.807) is 23.7 Å². The van der Waals surface area contributed by atoms with E-state index in [-0.39, 0.29) is 29.0 Å². The van der Waals surface area contributed by atoms with Gasteiger partial charge in [-0.05, 0) is 60.7 Å². The zero-order valence-electron chi connectivity index (χ0n) is 16.8. The second-order valence-corrected chi connectivity index (χ2v) is 9.23. The van der Waals surface area contributed by atoms with E-state index in [2.05, 4.69) is 5.32 Å². The summed E-state index contributed by atoms with van der Waals surface area (Å²) >= 11 is 7.35. The molecule has 0 unspecified atom stereocenters. The van der Waals surface area contributed by atoms with Gasteiger partial charge in [-0.1, -0.05) is 23.7 Å². The smallest absolute Gasteiger partial charge is 0.331 e. The van der Waals surface area contributed by atoms with E-state index in [0.29, 0.717) is 28.3 Å². The van der Waals surface area contributed by atoms with Crippen LogP contribution in [0.1, 0.15) is 31.2 Å². The largest absolute Gasteiger partial charge is 0.359 e. The lowest BCUT2D eigenvalue weighted by Crippen LogP contribution is -2.42. The van der Waals surface area contributed by atoms with Crippen LogP contribution in [0, 0.1) is 11.8 Å². The van der Waals surface area contributed by atoms with Crippen LogP contribution < -0.4 is 16.6 Å². The molecule has 2 aromatic heterocycles. The van der Waals surface area contributed by atoms with Gasteiger partial charge < -0.3 is 5.32 Å². The molecule has 0 saturated heterocycles. The fraction of sp³-hybridized carbons (Fsp3) is 0.409. The molecule has 2 heterocycles. The van der Waals surface area contributed by atoms with Crippen molar-refractivity contribution in [3.8, 4) is 0 Å². The molecule has 1 saturated carbocycles. The van der Waals surface area contributed by atoms with Crippen molar-refractivity contribution >= 4 is 39.1 Å². The first-order valence-corrected chi connectivity index (χ1v) is 11.4. The number of fused-ring (bicyclic) bond motifs is 1. The number of carbonyl (C=O) groups excluding carboxylic acids is 1. The first kappa shape index (κ1) is 20.9. The highest BCUT2D eigenvalue weighted by Crippen LogP contribution is 2.29. The predicted molar refractivity (Wildman–Crippen MR) is 120 cm³/mol. The molecule has 30 heavy (non-hydrogen) atoms. The van der Waals surface area contributed by atoms with Crippen molar-refractivity contribution in [3.63, 3.8) is 0 Å². The standard InChI is InChI=1S/C22H24ClN3O3S/c1-24-20(27)16-6-2-14(3-7-16)13-26-21(28)19-18(10-11-30-19)25(22(26)29)12-15-4-8-17(23)9-5-15/h4-5,8-11,14,16H,2-3,6-7,12-13H2,1H3,(H,24,27). The number of carbonyl (C=O) groups is 1. The molecule has 1 fully saturated rings. The Balaban J connectivity index is 1.64. The second kappa shape index (κ2) is 8.78. The van der Waals surface area contributed by atoms with Gasteiger partial charge in [-0.15, -0.1) is 11.3 Å². The Labute approximate surface area is 183 Å². The summed E-state index contributed by atoms with van der Waals surface area (Å²) in [6.07, 6.45) is 3.26. The Hall–Kier alpha value is -2.38. The Bertz CT molecular complexity index is 1170. The van der Waals surface area contributed by atoms with Gasteiger partial charge in [-0.3, -0.25) is 18.7 Å². The van der Waals surface area contributed by atoms with Crippen molar-refractivity contribution in [1.29, 1.82) is 0 Å². The van der Waals surface area contributed by atoms with Gasteiger partial charge in [0.1, 0.15) is 4.70 Å². The lowest BCUT2D eigenvalue weighted by atomic mass is 9.81. The van der Waals surface area contributed by atoms with E-state index in [0.717, 1.165) is 31.2 Å². The molecule has 0 atom stereocenters. The Kier molecular flexibility index (Phi) is 6.11. The van der Waals surface area contributed by atoms with Crippen LogP contribution in [-0.4, -0.2) is 22.1 Å². The fourth-order valence-electron chi connectivity index (χ4n) is 4.29. The summed E-state index contributed by atoms with van der Waals surface area (Å²) in [5, 5.41) is 5.21. The second-order valence-electron chi connectivity index (χ2n) is 7.88. The molecule has 158 valence electrons. The van der Waals surface area contributed by atoms with E-state index in [1.165, 1.54) is 15.9 Å². The number of amides is 1. The predicted octanol–water partition coefficient (Wildman–Crippen LogP) is 3.48. The minimum Gasteiger partial charge on any atom is -0.359 e. The van der Waals surface area contributed by atoms with Crippen LogP contribution in [0.4, 0.5) is 0 Å². The molecular weight excluding hydrogens is 422 g/mol. The lowest BCUT2D eigenvalue weighted by Gasteiger charge is -2.27. The summed E-state index contributed by atoms with van der Waals surface area (Å²) < 4.78 is 3.66. The highest BCUT2D eigenvalue weighted by atomic mass is 35.5. The Morgan fingerprint density at radius 3 is 2.47 bits per heavy atom. The van der Waals surface area contributed by atoms with E-state index in [9.17, 15) is 14.4 Å². The number of hydrogen-bond acceptors (Lipinski definition) is 4. The number of aromatic nitrogens is 2. The summed E-state index contributed by atoms with van der Waals surface area (Å²) in [5.74, 6) is 0.331. The van der Waals surface area contributed by atoms with Gasteiger partial charge in [0.2, 0.25) is 5.91 Å². The van der Waals surface area contributed by atoms with Gasteiger partial charge in [0.25, 0.3) is 5.56 Å². The number of nitrogens with one attached hydrogen (secondary N) is 1. The van der Waals surface area contributed by atoms with Crippen LogP contribution in [-0.2, 0) is 17.9 Å². The van der Waals surface area contributed by atoms with Crippen LogP contribution in [0.15, 0.2) is 45.3 Å². The maximum atomic E-state index is 13.3. The highest BCUT2D eigenvalue weighted by Gasteiger charge is 2.27. The Morgan fingerprint density at radius 1 is 1.10 bits per heavy atom. The SMILES string of the molecule is CNC(=O)C1CCC(Cn2c(=O)c3sccc3n(Cc3ccc(Cl)cc3)c2=O)CC1. The van der Waals surface area contributed by atoms with Gasteiger partial charge >= 0.3 is 5.69 Å². The minimum absolute atomic E-state index is 0.0318. The van der Waals surface area contributed by atoms with Crippen LogP contribution in [0.2, 0.25) is 5.02 Å². The van der Waals surface area contributed by atoms with Crippen LogP contribution >= 0.6 is 22.9 Å². The number of benzene rings is 1. The summed E-state index contributed by atoms with van der Waals surface area (Å²) in [4.78, 5) is 38.2. The van der Waals surface area contributed by atoms with E-state index in [4.69, 9.17) is 11.6 Å². The maximum absolute atomic E-state index is 13.3. The zero-order chi connectivity index (χ0) is 21.3. The molecular formula is C22H24ClN3O3S. The van der Waals surface area contributed by atoms with Gasteiger partial charge in [0.05, 0.1) is 12.1 Å². The minimum atomic E-state index is -0.283. The molecule has 1 N–H and O–H groups in total. The van der Waals surface area contributed by atoms with Crippen LogP contribution in [0.3, 0.4) is 0 Å². The number of nitrogens with zero attached hydrogens (tertiary/aromatic N) is 2. The molecule has 8 heteroatoms. The third-order valence-electron chi connectivity index (χ3n) is 6.00. The average Bonchev–Trinajstić information content (AvgIpc) is 3.25. The molecule has 0 bridgehead atoms. The van der Waals surface area contributed by atoms with Gasteiger partial charge in [-0.2, -0.15) is 0 Å². The van der Waals surface area contributed by atoms with E-state index < -0.39 is 0 Å².